The fraction of sp³-hybridized carbons (Fsp3) is 0.263. The van der Waals surface area contributed by atoms with Crippen molar-refractivity contribution in [3.05, 3.63) is 59.7 Å². The Kier molecular flexibility index (Phi) is 4.91. The van der Waals surface area contributed by atoms with Gasteiger partial charge >= 0.3 is 0 Å². The molecule has 2 N–H and O–H groups in total. The van der Waals surface area contributed by atoms with Crippen LogP contribution in [-0.2, 0) is 9.53 Å². The highest BCUT2D eigenvalue weighted by atomic mass is 16.5. The van der Waals surface area contributed by atoms with Crippen LogP contribution in [0.5, 0.6) is 0 Å². The van der Waals surface area contributed by atoms with Crippen molar-refractivity contribution in [2.75, 3.05) is 17.2 Å². The molecular formula is C19H20N2O3. The average molecular weight is 324 g/mol. The molecule has 1 fully saturated rings. The van der Waals surface area contributed by atoms with Crippen LogP contribution in [0.1, 0.15) is 28.8 Å². The lowest BCUT2D eigenvalue weighted by Gasteiger charge is -2.11. The van der Waals surface area contributed by atoms with Crippen LogP contribution < -0.4 is 10.6 Å². The first-order valence-electron chi connectivity index (χ1n) is 8.02. The number of benzene rings is 2. The van der Waals surface area contributed by atoms with E-state index in [1.165, 1.54) is 0 Å². The molecule has 0 aliphatic carbocycles. The Morgan fingerprint density at radius 3 is 2.54 bits per heavy atom. The quantitative estimate of drug-likeness (QED) is 0.906. The fourth-order valence-electron chi connectivity index (χ4n) is 2.59. The summed E-state index contributed by atoms with van der Waals surface area (Å²) in [6.45, 7) is 2.61. The highest BCUT2D eigenvalue weighted by Gasteiger charge is 2.23. The number of ether oxygens (including phenoxy) is 1. The van der Waals surface area contributed by atoms with E-state index in [0.717, 1.165) is 24.1 Å². The van der Waals surface area contributed by atoms with E-state index < -0.39 is 6.10 Å². The minimum absolute atomic E-state index is 0.163. The predicted octanol–water partition coefficient (Wildman–Crippen LogP) is 3.36. The molecule has 0 aromatic heterocycles. The normalized spacial score (nSPS) is 16.6. The summed E-state index contributed by atoms with van der Waals surface area (Å²) in [4.78, 5) is 24.4. The third-order valence-electron chi connectivity index (χ3n) is 3.92. The van der Waals surface area contributed by atoms with Crippen molar-refractivity contribution in [3.63, 3.8) is 0 Å². The topological polar surface area (TPSA) is 67.4 Å². The van der Waals surface area contributed by atoms with Crippen molar-refractivity contribution in [2.24, 2.45) is 0 Å². The zero-order chi connectivity index (χ0) is 16.9. The molecule has 1 atom stereocenters. The Morgan fingerprint density at radius 2 is 1.83 bits per heavy atom. The van der Waals surface area contributed by atoms with Gasteiger partial charge in [-0.1, -0.05) is 23.8 Å². The molecule has 5 nitrogen and oxygen atoms in total. The number of amides is 2. The number of hydrogen-bond donors (Lipinski definition) is 2. The van der Waals surface area contributed by atoms with Crippen LogP contribution in [0.15, 0.2) is 48.5 Å². The number of hydrogen-bond acceptors (Lipinski definition) is 3. The minimum Gasteiger partial charge on any atom is -0.368 e. The molecule has 0 bridgehead atoms. The lowest BCUT2D eigenvalue weighted by molar-refractivity contribution is -0.124. The van der Waals surface area contributed by atoms with E-state index in [1.54, 1.807) is 24.3 Å². The molecule has 2 aromatic carbocycles. The smallest absolute Gasteiger partial charge is 0.255 e. The van der Waals surface area contributed by atoms with E-state index in [2.05, 4.69) is 10.6 Å². The van der Waals surface area contributed by atoms with E-state index in [-0.39, 0.29) is 11.8 Å². The maximum absolute atomic E-state index is 12.3. The van der Waals surface area contributed by atoms with Crippen LogP contribution in [0.4, 0.5) is 11.4 Å². The zero-order valence-electron chi connectivity index (χ0n) is 13.5. The Morgan fingerprint density at radius 1 is 1.04 bits per heavy atom. The van der Waals surface area contributed by atoms with Crippen LogP contribution in [0, 0.1) is 6.92 Å². The van der Waals surface area contributed by atoms with Gasteiger partial charge in [0.25, 0.3) is 11.8 Å². The van der Waals surface area contributed by atoms with Gasteiger partial charge in [0.2, 0.25) is 0 Å². The molecule has 2 aromatic rings. The van der Waals surface area contributed by atoms with Gasteiger partial charge in [-0.2, -0.15) is 0 Å². The van der Waals surface area contributed by atoms with Gasteiger partial charge in [-0.05, 0) is 50.1 Å². The molecule has 3 rings (SSSR count). The predicted molar refractivity (Wildman–Crippen MR) is 93.2 cm³/mol. The Labute approximate surface area is 141 Å². The Balaban J connectivity index is 1.66. The summed E-state index contributed by atoms with van der Waals surface area (Å²) in [6.07, 6.45) is 1.24. The van der Waals surface area contributed by atoms with E-state index in [0.29, 0.717) is 17.9 Å². The van der Waals surface area contributed by atoms with Gasteiger partial charge in [0.15, 0.2) is 0 Å². The first-order chi connectivity index (χ1) is 11.6. The van der Waals surface area contributed by atoms with Crippen LogP contribution in [0.3, 0.4) is 0 Å². The lowest BCUT2D eigenvalue weighted by Crippen LogP contribution is -2.27. The maximum Gasteiger partial charge on any atom is 0.255 e. The second-order valence-electron chi connectivity index (χ2n) is 5.89. The number of anilines is 2. The number of aryl methyl sites for hydroxylation is 1. The number of rotatable bonds is 4. The molecule has 1 aliphatic heterocycles. The maximum atomic E-state index is 12.3. The van der Waals surface area contributed by atoms with E-state index >= 15 is 0 Å². The molecule has 124 valence electrons. The number of carbonyl (C=O) groups is 2. The standard InChI is InChI=1S/C19H20N2O3/c1-13-7-9-15(10-8-13)20-18(22)14-4-2-5-16(12-14)21-19(23)17-6-3-11-24-17/h2,4-5,7-10,12,17H,3,6,11H2,1H3,(H,20,22)(H,21,23). The van der Waals surface area contributed by atoms with Crippen LogP contribution >= 0.6 is 0 Å². The van der Waals surface area contributed by atoms with E-state index in [4.69, 9.17) is 4.74 Å². The molecule has 1 saturated heterocycles. The highest BCUT2D eigenvalue weighted by Crippen LogP contribution is 2.17. The fourth-order valence-corrected chi connectivity index (χ4v) is 2.59. The first-order valence-corrected chi connectivity index (χ1v) is 8.02. The van der Waals surface area contributed by atoms with Gasteiger partial charge in [0, 0.05) is 23.5 Å². The van der Waals surface area contributed by atoms with Crippen LogP contribution in [0.25, 0.3) is 0 Å². The van der Waals surface area contributed by atoms with Crippen molar-refractivity contribution < 1.29 is 14.3 Å². The summed E-state index contributed by atoms with van der Waals surface area (Å²) in [5.74, 6) is -0.379. The third kappa shape index (κ3) is 4.00. The summed E-state index contributed by atoms with van der Waals surface area (Å²) in [5, 5.41) is 5.65. The van der Waals surface area contributed by atoms with Crippen molar-refractivity contribution in [1.29, 1.82) is 0 Å². The van der Waals surface area contributed by atoms with Crippen molar-refractivity contribution in [3.8, 4) is 0 Å². The molecule has 0 spiro atoms. The Hall–Kier alpha value is -2.66. The summed E-state index contributed by atoms with van der Waals surface area (Å²) < 4.78 is 5.36. The van der Waals surface area contributed by atoms with Crippen LogP contribution in [-0.4, -0.2) is 24.5 Å². The molecule has 5 heteroatoms. The van der Waals surface area contributed by atoms with Crippen molar-refractivity contribution >= 4 is 23.2 Å². The molecule has 24 heavy (non-hydrogen) atoms. The van der Waals surface area contributed by atoms with Gasteiger partial charge in [0.1, 0.15) is 6.10 Å². The van der Waals surface area contributed by atoms with Gasteiger partial charge < -0.3 is 15.4 Å². The third-order valence-corrected chi connectivity index (χ3v) is 3.92. The van der Waals surface area contributed by atoms with Crippen molar-refractivity contribution in [1.82, 2.24) is 0 Å². The van der Waals surface area contributed by atoms with Gasteiger partial charge in [-0.25, -0.2) is 0 Å². The molecule has 0 radical (unpaired) electrons. The molecule has 1 unspecified atom stereocenters. The van der Waals surface area contributed by atoms with Gasteiger partial charge in [-0.15, -0.1) is 0 Å². The summed E-state index contributed by atoms with van der Waals surface area (Å²) >= 11 is 0. The molecular weight excluding hydrogens is 304 g/mol. The summed E-state index contributed by atoms with van der Waals surface area (Å²) in [7, 11) is 0. The molecule has 1 aliphatic rings. The molecule has 1 heterocycles. The number of nitrogens with one attached hydrogen (secondary N) is 2. The second-order valence-corrected chi connectivity index (χ2v) is 5.89. The largest absolute Gasteiger partial charge is 0.368 e. The second kappa shape index (κ2) is 7.27. The summed E-state index contributed by atoms with van der Waals surface area (Å²) in [5.41, 5.74) is 2.94. The minimum atomic E-state index is -0.393. The highest BCUT2D eigenvalue weighted by molar-refractivity contribution is 6.05. The summed E-state index contributed by atoms with van der Waals surface area (Å²) in [6, 6.07) is 14.5. The zero-order valence-corrected chi connectivity index (χ0v) is 13.5. The van der Waals surface area contributed by atoms with Crippen LogP contribution in [0.2, 0.25) is 0 Å². The number of carbonyl (C=O) groups excluding carboxylic acids is 2. The molecule has 0 saturated carbocycles. The van der Waals surface area contributed by atoms with Gasteiger partial charge in [-0.3, -0.25) is 9.59 Å². The van der Waals surface area contributed by atoms with E-state index in [9.17, 15) is 9.59 Å². The van der Waals surface area contributed by atoms with Crippen molar-refractivity contribution in [2.45, 2.75) is 25.9 Å². The van der Waals surface area contributed by atoms with Gasteiger partial charge in [0.05, 0.1) is 0 Å². The lowest BCUT2D eigenvalue weighted by atomic mass is 10.1. The first kappa shape index (κ1) is 16.2. The monoisotopic (exact) mass is 324 g/mol. The average Bonchev–Trinajstić information content (AvgIpc) is 3.12. The SMILES string of the molecule is Cc1ccc(NC(=O)c2cccc(NC(=O)C3CCCO3)c2)cc1. The molecule has 2 amide bonds. The van der Waals surface area contributed by atoms with E-state index in [1.807, 2.05) is 31.2 Å². The Bertz CT molecular complexity index is 735.